The Hall–Kier alpha value is -2.41. The van der Waals surface area contributed by atoms with Crippen molar-refractivity contribution in [1.82, 2.24) is 4.98 Å². The molecule has 0 atom stereocenters. The molecule has 1 heterocycles. The molecule has 0 spiro atoms. The lowest BCUT2D eigenvalue weighted by atomic mass is 10.1. The highest BCUT2D eigenvalue weighted by Crippen LogP contribution is 2.15. The highest BCUT2D eigenvalue weighted by Gasteiger charge is 2.11. The number of nitrogens with two attached hydrogens (primary N) is 1. The summed E-state index contributed by atoms with van der Waals surface area (Å²) in [5.41, 5.74) is 6.81. The smallest absolute Gasteiger partial charge is 0.257 e. The van der Waals surface area contributed by atoms with E-state index in [0.29, 0.717) is 16.9 Å². The van der Waals surface area contributed by atoms with Crippen molar-refractivity contribution in [3.05, 3.63) is 48.2 Å². The Morgan fingerprint density at radius 3 is 2.45 bits per heavy atom. The van der Waals surface area contributed by atoms with Gasteiger partial charge in [-0.15, -0.1) is 0 Å². The van der Waals surface area contributed by atoms with Crippen LogP contribution in [0.15, 0.2) is 47.6 Å². The first kappa shape index (κ1) is 14.0. The van der Waals surface area contributed by atoms with Crippen molar-refractivity contribution in [2.24, 2.45) is 0 Å². The minimum atomic E-state index is -3.35. The molecule has 0 radical (unpaired) electrons. The quantitative estimate of drug-likeness (QED) is 0.830. The molecule has 0 unspecified atom stereocenters. The minimum absolute atomic E-state index is 0.0466. The second kappa shape index (κ2) is 5.30. The summed E-state index contributed by atoms with van der Waals surface area (Å²) in [6, 6.07) is 9.47. The number of para-hydroxylation sites is 1. The lowest BCUT2D eigenvalue weighted by molar-refractivity contribution is 0.102. The third-order valence-electron chi connectivity index (χ3n) is 2.58. The molecule has 1 aromatic carbocycles. The highest BCUT2D eigenvalue weighted by atomic mass is 32.2. The van der Waals surface area contributed by atoms with Crippen molar-refractivity contribution >= 4 is 27.1 Å². The molecule has 0 aliphatic rings. The third-order valence-corrected chi connectivity index (χ3v) is 3.58. The Bertz CT molecular complexity index is 740. The van der Waals surface area contributed by atoms with Gasteiger partial charge in [-0.2, -0.15) is 0 Å². The zero-order chi connectivity index (χ0) is 14.8. The molecule has 0 saturated carbocycles. The number of pyridine rings is 1. The van der Waals surface area contributed by atoms with Crippen LogP contribution in [0.3, 0.4) is 0 Å². The molecular weight excluding hydrogens is 278 g/mol. The standard InChI is InChI=1S/C13H13N3O3S/c1-20(18,19)12-7-6-9(8-15-12)16-13(17)10-4-2-3-5-11(10)14/h2-8H,14H2,1H3,(H,16,17). The van der Waals surface area contributed by atoms with E-state index in [9.17, 15) is 13.2 Å². The predicted molar refractivity (Wildman–Crippen MR) is 76.2 cm³/mol. The maximum Gasteiger partial charge on any atom is 0.257 e. The molecule has 1 amide bonds. The number of amides is 1. The molecule has 2 aromatic rings. The van der Waals surface area contributed by atoms with Crippen molar-refractivity contribution in [3.8, 4) is 0 Å². The SMILES string of the molecule is CS(=O)(=O)c1ccc(NC(=O)c2ccccc2N)cn1. The number of rotatable bonds is 3. The molecule has 3 N–H and O–H groups in total. The van der Waals surface area contributed by atoms with Gasteiger partial charge in [0, 0.05) is 11.9 Å². The van der Waals surface area contributed by atoms with Gasteiger partial charge in [0.1, 0.15) is 0 Å². The summed E-state index contributed by atoms with van der Waals surface area (Å²) in [6.07, 6.45) is 2.35. The van der Waals surface area contributed by atoms with Gasteiger partial charge in [0.25, 0.3) is 5.91 Å². The number of aromatic nitrogens is 1. The normalized spacial score (nSPS) is 11.1. The first-order valence-corrected chi connectivity index (χ1v) is 7.59. The van der Waals surface area contributed by atoms with E-state index in [1.165, 1.54) is 18.3 Å². The second-order valence-corrected chi connectivity index (χ2v) is 6.16. The first-order chi connectivity index (χ1) is 9.38. The van der Waals surface area contributed by atoms with Crippen LogP contribution in [0.4, 0.5) is 11.4 Å². The Morgan fingerprint density at radius 2 is 1.90 bits per heavy atom. The number of benzene rings is 1. The van der Waals surface area contributed by atoms with E-state index in [4.69, 9.17) is 5.73 Å². The molecule has 0 aliphatic carbocycles. The minimum Gasteiger partial charge on any atom is -0.398 e. The van der Waals surface area contributed by atoms with Crippen LogP contribution in [0.25, 0.3) is 0 Å². The zero-order valence-electron chi connectivity index (χ0n) is 10.7. The fraction of sp³-hybridized carbons (Fsp3) is 0.0769. The van der Waals surface area contributed by atoms with Crippen LogP contribution in [0.1, 0.15) is 10.4 Å². The summed E-state index contributed by atoms with van der Waals surface area (Å²) in [5.74, 6) is -0.378. The molecule has 20 heavy (non-hydrogen) atoms. The van der Waals surface area contributed by atoms with Crippen LogP contribution >= 0.6 is 0 Å². The van der Waals surface area contributed by atoms with Crippen LogP contribution in [0.2, 0.25) is 0 Å². The summed E-state index contributed by atoms with van der Waals surface area (Å²) >= 11 is 0. The van der Waals surface area contributed by atoms with E-state index in [2.05, 4.69) is 10.3 Å². The average Bonchev–Trinajstić information content (AvgIpc) is 2.38. The van der Waals surface area contributed by atoms with Crippen LogP contribution in [-0.2, 0) is 9.84 Å². The van der Waals surface area contributed by atoms with Crippen LogP contribution < -0.4 is 11.1 Å². The van der Waals surface area contributed by atoms with Crippen LogP contribution in [0.5, 0.6) is 0 Å². The third kappa shape index (κ3) is 3.12. The van der Waals surface area contributed by atoms with Gasteiger partial charge in [-0.3, -0.25) is 4.79 Å². The lowest BCUT2D eigenvalue weighted by Crippen LogP contribution is -2.14. The number of anilines is 2. The Labute approximate surface area is 116 Å². The molecule has 104 valence electrons. The summed E-state index contributed by atoms with van der Waals surface area (Å²) in [6.45, 7) is 0. The Kier molecular flexibility index (Phi) is 3.71. The summed E-state index contributed by atoms with van der Waals surface area (Å²) in [4.78, 5) is 15.8. The van der Waals surface area contributed by atoms with Gasteiger partial charge in [0.15, 0.2) is 14.9 Å². The average molecular weight is 291 g/mol. The monoisotopic (exact) mass is 291 g/mol. The van der Waals surface area contributed by atoms with E-state index >= 15 is 0 Å². The first-order valence-electron chi connectivity index (χ1n) is 5.70. The molecular formula is C13H13N3O3S. The van der Waals surface area contributed by atoms with Crippen molar-refractivity contribution in [2.75, 3.05) is 17.3 Å². The number of hydrogen-bond acceptors (Lipinski definition) is 5. The maximum atomic E-state index is 12.0. The Balaban J connectivity index is 2.19. The fourth-order valence-electron chi connectivity index (χ4n) is 1.58. The lowest BCUT2D eigenvalue weighted by Gasteiger charge is -2.07. The van der Waals surface area contributed by atoms with Crippen molar-refractivity contribution in [3.63, 3.8) is 0 Å². The van der Waals surface area contributed by atoms with E-state index in [-0.39, 0.29) is 10.9 Å². The second-order valence-electron chi connectivity index (χ2n) is 4.20. The van der Waals surface area contributed by atoms with E-state index in [1.54, 1.807) is 24.3 Å². The predicted octanol–water partition coefficient (Wildman–Crippen LogP) is 1.32. The van der Waals surface area contributed by atoms with Gasteiger partial charge < -0.3 is 11.1 Å². The van der Waals surface area contributed by atoms with E-state index in [0.717, 1.165) is 6.26 Å². The molecule has 0 fully saturated rings. The number of hydrogen-bond donors (Lipinski definition) is 2. The van der Waals surface area contributed by atoms with Crippen LogP contribution in [-0.4, -0.2) is 25.6 Å². The highest BCUT2D eigenvalue weighted by molar-refractivity contribution is 7.90. The molecule has 1 aromatic heterocycles. The van der Waals surface area contributed by atoms with Crippen LogP contribution in [0, 0.1) is 0 Å². The fourth-order valence-corrected chi connectivity index (χ4v) is 2.14. The van der Waals surface area contributed by atoms with Crippen molar-refractivity contribution in [1.29, 1.82) is 0 Å². The van der Waals surface area contributed by atoms with Gasteiger partial charge in [0.05, 0.1) is 17.4 Å². The number of nitrogens with zero attached hydrogens (tertiary/aromatic N) is 1. The van der Waals surface area contributed by atoms with Crippen molar-refractivity contribution in [2.45, 2.75) is 5.03 Å². The molecule has 0 bridgehead atoms. The number of carbonyl (C=O) groups is 1. The van der Waals surface area contributed by atoms with Gasteiger partial charge in [-0.1, -0.05) is 12.1 Å². The largest absolute Gasteiger partial charge is 0.398 e. The van der Waals surface area contributed by atoms with E-state index in [1.807, 2.05) is 0 Å². The number of nitrogens with one attached hydrogen (secondary N) is 1. The summed E-state index contributed by atoms with van der Waals surface area (Å²) < 4.78 is 22.5. The van der Waals surface area contributed by atoms with Gasteiger partial charge in [0.2, 0.25) is 0 Å². The Morgan fingerprint density at radius 1 is 1.20 bits per heavy atom. The van der Waals surface area contributed by atoms with E-state index < -0.39 is 9.84 Å². The molecule has 0 aliphatic heterocycles. The number of carbonyl (C=O) groups excluding carboxylic acids is 1. The molecule has 0 saturated heterocycles. The summed E-state index contributed by atoms with van der Waals surface area (Å²) in [5, 5.41) is 2.55. The summed E-state index contributed by atoms with van der Waals surface area (Å²) in [7, 11) is -3.35. The topological polar surface area (TPSA) is 102 Å². The number of nitrogen functional groups attached to an aromatic ring is 1. The van der Waals surface area contributed by atoms with Gasteiger partial charge >= 0.3 is 0 Å². The van der Waals surface area contributed by atoms with Gasteiger partial charge in [-0.25, -0.2) is 13.4 Å². The molecule has 6 nitrogen and oxygen atoms in total. The molecule has 7 heteroatoms. The zero-order valence-corrected chi connectivity index (χ0v) is 11.5. The maximum absolute atomic E-state index is 12.0. The van der Waals surface area contributed by atoms with Gasteiger partial charge in [-0.05, 0) is 24.3 Å². The van der Waals surface area contributed by atoms with Crippen molar-refractivity contribution < 1.29 is 13.2 Å². The molecule has 2 rings (SSSR count). The number of sulfone groups is 1.